The Bertz CT molecular complexity index is 1600. The summed E-state index contributed by atoms with van der Waals surface area (Å²) in [4.78, 5) is 27.9. The van der Waals surface area contributed by atoms with Crippen molar-refractivity contribution in [2.24, 2.45) is 11.1 Å². The van der Waals surface area contributed by atoms with Gasteiger partial charge in [0.1, 0.15) is 5.82 Å². The normalized spacial score (nSPS) is 18.4. The van der Waals surface area contributed by atoms with Crippen LogP contribution in [0.3, 0.4) is 0 Å². The number of benzene rings is 2. The highest BCUT2D eigenvalue weighted by Gasteiger charge is 2.45. The van der Waals surface area contributed by atoms with Gasteiger partial charge in [-0.1, -0.05) is 88.8 Å². The summed E-state index contributed by atoms with van der Waals surface area (Å²) in [6.45, 7) is 6.10. The number of aromatic nitrogens is 2. The standard InChI is InChI=1S/C29H27BrN6O2S2/c1-16-7-9-17(10-8-16)24-20(14-31)26(32)36(21-12-29(2,3)13-22(37)25(21)24)27-34-35-28(40-27)39-15-23(38)33-19-6-4-5-18(30)11-19/h4-11,24H,12-13,15,32H2,1-3H3,(H,33,38). The third-order valence-corrected chi connectivity index (χ3v) is 9.35. The van der Waals surface area contributed by atoms with Gasteiger partial charge in [0, 0.05) is 27.9 Å². The molecule has 0 radical (unpaired) electrons. The molecule has 0 saturated carbocycles. The number of halogens is 1. The number of anilines is 2. The van der Waals surface area contributed by atoms with Crippen LogP contribution in [0.2, 0.25) is 0 Å². The Balaban J connectivity index is 1.46. The number of ketones is 1. The zero-order valence-electron chi connectivity index (χ0n) is 22.2. The van der Waals surface area contributed by atoms with Crippen LogP contribution in [-0.4, -0.2) is 27.6 Å². The zero-order valence-corrected chi connectivity index (χ0v) is 25.4. The van der Waals surface area contributed by atoms with E-state index in [1.807, 2.05) is 55.5 Å². The first-order chi connectivity index (χ1) is 19.1. The molecule has 2 heterocycles. The Morgan fingerprint density at radius 3 is 2.70 bits per heavy atom. The van der Waals surface area contributed by atoms with Crippen molar-refractivity contribution < 1.29 is 9.59 Å². The van der Waals surface area contributed by atoms with Gasteiger partial charge in [0.25, 0.3) is 0 Å². The lowest BCUT2D eigenvalue weighted by molar-refractivity contribution is -0.118. The fourth-order valence-corrected chi connectivity index (χ4v) is 7.14. The number of aryl methyl sites for hydroxylation is 1. The Kier molecular flexibility index (Phi) is 7.86. The van der Waals surface area contributed by atoms with Gasteiger partial charge in [-0.2, -0.15) is 5.26 Å². The van der Waals surface area contributed by atoms with Crippen LogP contribution < -0.4 is 16.0 Å². The van der Waals surface area contributed by atoms with Gasteiger partial charge < -0.3 is 11.1 Å². The summed E-state index contributed by atoms with van der Waals surface area (Å²) in [6.07, 6.45) is 0.970. The lowest BCUT2D eigenvalue weighted by Gasteiger charge is -2.42. The highest BCUT2D eigenvalue weighted by atomic mass is 79.9. The van der Waals surface area contributed by atoms with Gasteiger partial charge in [0.15, 0.2) is 10.1 Å². The zero-order chi connectivity index (χ0) is 28.6. The van der Waals surface area contributed by atoms with Gasteiger partial charge in [-0.05, 0) is 42.5 Å². The summed E-state index contributed by atoms with van der Waals surface area (Å²) in [5, 5.41) is 22.2. The molecule has 3 aromatic rings. The Morgan fingerprint density at radius 1 is 1.25 bits per heavy atom. The van der Waals surface area contributed by atoms with Crippen LogP contribution in [0.4, 0.5) is 10.8 Å². The van der Waals surface area contributed by atoms with Crippen molar-refractivity contribution in [3.8, 4) is 6.07 Å². The summed E-state index contributed by atoms with van der Waals surface area (Å²) in [7, 11) is 0. The molecule has 1 amide bonds. The maximum atomic E-state index is 13.7. The van der Waals surface area contributed by atoms with E-state index in [1.54, 1.807) is 4.90 Å². The molecule has 1 aliphatic carbocycles. The first-order valence-corrected chi connectivity index (χ1v) is 15.2. The second kappa shape index (κ2) is 11.2. The number of rotatable bonds is 6. The van der Waals surface area contributed by atoms with E-state index in [0.717, 1.165) is 21.3 Å². The maximum Gasteiger partial charge on any atom is 0.234 e. The van der Waals surface area contributed by atoms with Crippen LogP contribution in [-0.2, 0) is 9.59 Å². The molecule has 0 saturated heterocycles. The molecule has 2 aromatic carbocycles. The largest absolute Gasteiger partial charge is 0.384 e. The molecule has 2 aliphatic rings. The summed E-state index contributed by atoms with van der Waals surface area (Å²) >= 11 is 5.94. The summed E-state index contributed by atoms with van der Waals surface area (Å²) in [5.41, 5.74) is 10.7. The van der Waals surface area contributed by atoms with E-state index in [4.69, 9.17) is 5.73 Å². The molecule has 1 aromatic heterocycles. The molecule has 1 unspecified atom stereocenters. The number of hydrogen-bond donors (Lipinski definition) is 2. The van der Waals surface area contributed by atoms with Crippen molar-refractivity contribution in [1.82, 2.24) is 10.2 Å². The number of allylic oxidation sites excluding steroid dienone is 3. The Hall–Kier alpha value is -3.46. The first kappa shape index (κ1) is 28.1. The highest BCUT2D eigenvalue weighted by molar-refractivity contribution is 9.10. The number of thioether (sulfide) groups is 1. The summed E-state index contributed by atoms with van der Waals surface area (Å²) < 4.78 is 1.45. The van der Waals surface area contributed by atoms with E-state index in [9.17, 15) is 14.9 Å². The van der Waals surface area contributed by atoms with Crippen molar-refractivity contribution >= 4 is 61.5 Å². The first-order valence-electron chi connectivity index (χ1n) is 12.6. The molecule has 40 heavy (non-hydrogen) atoms. The number of nitrogens with one attached hydrogen (secondary N) is 1. The van der Waals surface area contributed by atoms with Gasteiger partial charge >= 0.3 is 0 Å². The molecule has 0 fully saturated rings. The second-order valence-corrected chi connectivity index (χ2v) is 13.7. The fraction of sp³-hybridized carbons (Fsp3) is 0.276. The maximum absolute atomic E-state index is 13.7. The van der Waals surface area contributed by atoms with Crippen molar-refractivity contribution in [2.45, 2.75) is 43.9 Å². The third-order valence-electron chi connectivity index (χ3n) is 6.81. The van der Waals surface area contributed by atoms with Crippen molar-refractivity contribution in [3.05, 3.63) is 86.8 Å². The smallest absolute Gasteiger partial charge is 0.234 e. The van der Waals surface area contributed by atoms with Crippen LogP contribution in [0.1, 0.15) is 43.7 Å². The van der Waals surface area contributed by atoms with E-state index in [0.29, 0.717) is 39.1 Å². The molecule has 1 atom stereocenters. The Morgan fingerprint density at radius 2 is 2.00 bits per heavy atom. The molecule has 0 bridgehead atoms. The second-order valence-electron chi connectivity index (χ2n) is 10.6. The number of carbonyl (C=O) groups is 2. The quantitative estimate of drug-likeness (QED) is 0.303. The molecule has 204 valence electrons. The van der Waals surface area contributed by atoms with Crippen molar-refractivity contribution in [3.63, 3.8) is 0 Å². The predicted octanol–water partition coefficient (Wildman–Crippen LogP) is 6.28. The summed E-state index contributed by atoms with van der Waals surface area (Å²) in [6, 6.07) is 17.5. The highest BCUT2D eigenvalue weighted by Crippen LogP contribution is 2.50. The van der Waals surface area contributed by atoms with E-state index in [2.05, 4.69) is 51.4 Å². The van der Waals surface area contributed by atoms with Crippen molar-refractivity contribution in [1.29, 1.82) is 5.26 Å². The van der Waals surface area contributed by atoms with Crippen LogP contribution in [0, 0.1) is 23.7 Å². The van der Waals surface area contributed by atoms with Gasteiger partial charge in [0.2, 0.25) is 11.0 Å². The minimum Gasteiger partial charge on any atom is -0.384 e. The van der Waals surface area contributed by atoms with Gasteiger partial charge in [-0.15, -0.1) is 10.2 Å². The number of nitrogens with two attached hydrogens (primary N) is 1. The lowest BCUT2D eigenvalue weighted by atomic mass is 9.68. The van der Waals surface area contributed by atoms with Gasteiger partial charge in [-0.3, -0.25) is 14.5 Å². The molecule has 5 rings (SSSR count). The van der Waals surface area contributed by atoms with E-state index < -0.39 is 5.92 Å². The average Bonchev–Trinajstić information content (AvgIpc) is 3.35. The van der Waals surface area contributed by atoms with Crippen molar-refractivity contribution in [2.75, 3.05) is 16.0 Å². The van der Waals surface area contributed by atoms with E-state index >= 15 is 0 Å². The minimum absolute atomic E-state index is 0.00501. The predicted molar refractivity (Wildman–Crippen MR) is 162 cm³/mol. The van der Waals surface area contributed by atoms with Gasteiger partial charge in [0.05, 0.1) is 23.3 Å². The topological polar surface area (TPSA) is 125 Å². The molecule has 8 nitrogen and oxygen atoms in total. The number of hydrogen-bond acceptors (Lipinski definition) is 9. The van der Waals surface area contributed by atoms with Crippen LogP contribution in [0.5, 0.6) is 0 Å². The van der Waals surface area contributed by atoms with Crippen LogP contribution in [0.15, 0.2) is 80.0 Å². The number of carbonyl (C=O) groups excluding carboxylic acids is 2. The summed E-state index contributed by atoms with van der Waals surface area (Å²) in [5.74, 6) is -0.313. The van der Waals surface area contributed by atoms with Crippen LogP contribution >= 0.6 is 39.0 Å². The number of nitrogens with zero attached hydrogens (tertiary/aromatic N) is 4. The Labute approximate surface area is 249 Å². The molecule has 1 aliphatic heterocycles. The monoisotopic (exact) mass is 634 g/mol. The number of Topliss-reactive ketones (excluding diaryl/α,β-unsaturated/α-hetero) is 1. The van der Waals surface area contributed by atoms with E-state index in [1.165, 1.54) is 23.1 Å². The SMILES string of the molecule is Cc1ccc(C2C(C#N)=C(N)N(c3nnc(SCC(=O)Nc4cccc(Br)c4)s3)C3=C2C(=O)CC(C)(C)C3)cc1. The molecule has 0 spiro atoms. The van der Waals surface area contributed by atoms with Crippen LogP contribution in [0.25, 0.3) is 0 Å². The van der Waals surface area contributed by atoms with Gasteiger partial charge in [-0.25, -0.2) is 0 Å². The molecular formula is C29H27BrN6O2S2. The number of amides is 1. The molecule has 11 heteroatoms. The minimum atomic E-state index is -0.538. The molecule has 3 N–H and O–H groups in total. The number of nitriles is 1. The fourth-order valence-electron chi connectivity index (χ4n) is 5.06. The molecular weight excluding hydrogens is 608 g/mol. The third kappa shape index (κ3) is 5.70. The van der Waals surface area contributed by atoms with E-state index in [-0.39, 0.29) is 28.7 Å². The average molecular weight is 636 g/mol. The lowest BCUT2D eigenvalue weighted by Crippen LogP contribution is -2.42.